The Morgan fingerprint density at radius 3 is 2.56 bits per heavy atom. The van der Waals surface area contributed by atoms with Crippen molar-refractivity contribution in [3.8, 4) is 5.75 Å². The number of amides is 1. The summed E-state index contributed by atoms with van der Waals surface area (Å²) in [6, 6.07) is 7.83. The van der Waals surface area contributed by atoms with Crippen LogP contribution < -0.4 is 4.74 Å². The van der Waals surface area contributed by atoms with Crippen molar-refractivity contribution >= 4 is 6.09 Å². The minimum atomic E-state index is -0.452. The molecule has 140 valence electrons. The van der Waals surface area contributed by atoms with Crippen LogP contribution >= 0.6 is 0 Å². The van der Waals surface area contributed by atoms with Gasteiger partial charge in [-0.15, -0.1) is 0 Å². The van der Waals surface area contributed by atoms with Crippen LogP contribution in [0.4, 0.5) is 4.79 Å². The third-order valence-electron chi connectivity index (χ3n) is 4.00. The van der Waals surface area contributed by atoms with E-state index in [1.54, 1.807) is 4.90 Å². The summed E-state index contributed by atoms with van der Waals surface area (Å²) in [6.45, 7) is 10.2. The highest BCUT2D eigenvalue weighted by Crippen LogP contribution is 2.14. The van der Waals surface area contributed by atoms with E-state index in [1.807, 2.05) is 45.0 Å². The summed E-state index contributed by atoms with van der Waals surface area (Å²) >= 11 is 0. The maximum atomic E-state index is 12.0. The number of rotatable bonds is 6. The number of aliphatic hydroxyl groups excluding tert-OH is 1. The van der Waals surface area contributed by atoms with Crippen LogP contribution in [0.2, 0.25) is 0 Å². The van der Waals surface area contributed by atoms with Gasteiger partial charge in [0.15, 0.2) is 0 Å². The Morgan fingerprint density at radius 2 is 1.92 bits per heavy atom. The quantitative estimate of drug-likeness (QED) is 0.852. The second kappa shape index (κ2) is 9.06. The number of piperazine rings is 1. The molecule has 0 unspecified atom stereocenters. The Labute approximate surface area is 150 Å². The van der Waals surface area contributed by atoms with Gasteiger partial charge in [0.05, 0.1) is 0 Å². The molecule has 1 aromatic rings. The normalized spacial score (nSPS) is 15.9. The first-order chi connectivity index (χ1) is 11.9. The van der Waals surface area contributed by atoms with Gasteiger partial charge in [-0.05, 0) is 44.9 Å². The van der Waals surface area contributed by atoms with Gasteiger partial charge in [-0.1, -0.05) is 12.1 Å². The molecule has 0 radical (unpaired) electrons. The highest BCUT2D eigenvalue weighted by molar-refractivity contribution is 5.68. The minimum absolute atomic E-state index is 0.144. The summed E-state index contributed by atoms with van der Waals surface area (Å²) < 4.78 is 11.2. The predicted molar refractivity (Wildman–Crippen MR) is 97.0 cm³/mol. The molecule has 1 heterocycles. The minimum Gasteiger partial charge on any atom is -0.492 e. The van der Waals surface area contributed by atoms with Crippen LogP contribution in [0.15, 0.2) is 24.3 Å². The van der Waals surface area contributed by atoms with Gasteiger partial charge in [0.1, 0.15) is 18.0 Å². The van der Waals surface area contributed by atoms with E-state index >= 15 is 0 Å². The Morgan fingerprint density at radius 1 is 1.20 bits per heavy atom. The van der Waals surface area contributed by atoms with Crippen LogP contribution in [-0.4, -0.2) is 72.5 Å². The van der Waals surface area contributed by atoms with E-state index in [2.05, 4.69) is 4.90 Å². The van der Waals surface area contributed by atoms with Crippen LogP contribution in [0.25, 0.3) is 0 Å². The second-order valence-corrected chi connectivity index (χ2v) is 7.28. The van der Waals surface area contributed by atoms with E-state index in [0.29, 0.717) is 26.1 Å². The molecule has 1 aliphatic rings. The van der Waals surface area contributed by atoms with Gasteiger partial charge in [-0.2, -0.15) is 0 Å². The van der Waals surface area contributed by atoms with E-state index in [9.17, 15) is 4.79 Å². The Bertz CT molecular complexity index is 549. The molecule has 1 aliphatic heterocycles. The summed E-state index contributed by atoms with van der Waals surface area (Å²) in [4.78, 5) is 16.1. The third kappa shape index (κ3) is 6.92. The molecule has 0 aromatic heterocycles. The highest BCUT2D eigenvalue weighted by atomic mass is 16.6. The molecular formula is C19H30N2O4. The van der Waals surface area contributed by atoms with Crippen molar-refractivity contribution in [3.63, 3.8) is 0 Å². The molecule has 6 nitrogen and oxygen atoms in total. The fourth-order valence-electron chi connectivity index (χ4n) is 2.69. The van der Waals surface area contributed by atoms with E-state index < -0.39 is 5.60 Å². The molecule has 2 rings (SSSR count). The lowest BCUT2D eigenvalue weighted by Gasteiger charge is -2.35. The molecule has 25 heavy (non-hydrogen) atoms. The average Bonchev–Trinajstić information content (AvgIpc) is 2.54. The Kier molecular flexibility index (Phi) is 7.08. The predicted octanol–water partition coefficient (Wildman–Crippen LogP) is 2.15. The third-order valence-corrected chi connectivity index (χ3v) is 4.00. The van der Waals surface area contributed by atoms with E-state index in [1.165, 1.54) is 0 Å². The van der Waals surface area contributed by atoms with Crippen LogP contribution in [0, 0.1) is 0 Å². The fraction of sp³-hybridized carbons (Fsp3) is 0.632. The van der Waals surface area contributed by atoms with Crippen molar-refractivity contribution < 1.29 is 19.4 Å². The second-order valence-electron chi connectivity index (χ2n) is 7.28. The summed E-state index contributed by atoms with van der Waals surface area (Å²) in [5.41, 5.74) is 0.623. The molecule has 0 spiro atoms. The van der Waals surface area contributed by atoms with Crippen molar-refractivity contribution in [2.24, 2.45) is 0 Å². The highest BCUT2D eigenvalue weighted by Gasteiger charge is 2.25. The molecule has 1 saturated heterocycles. The summed E-state index contributed by atoms with van der Waals surface area (Å²) in [7, 11) is 0. The van der Waals surface area contributed by atoms with Gasteiger partial charge < -0.3 is 19.5 Å². The molecule has 0 atom stereocenters. The molecule has 1 aromatic carbocycles. The summed E-state index contributed by atoms with van der Waals surface area (Å²) in [5, 5.41) is 9.00. The van der Waals surface area contributed by atoms with Gasteiger partial charge in [-0.25, -0.2) is 4.79 Å². The average molecular weight is 350 g/mol. The Hall–Kier alpha value is -1.79. The van der Waals surface area contributed by atoms with Gasteiger partial charge in [-0.3, -0.25) is 4.90 Å². The lowest BCUT2D eigenvalue weighted by Crippen LogP contribution is -2.50. The van der Waals surface area contributed by atoms with Crippen LogP contribution in [0.5, 0.6) is 5.75 Å². The van der Waals surface area contributed by atoms with Crippen molar-refractivity contribution in [3.05, 3.63) is 29.8 Å². The van der Waals surface area contributed by atoms with Gasteiger partial charge >= 0.3 is 6.09 Å². The molecule has 0 aliphatic carbocycles. The SMILES string of the molecule is CC(C)(C)OC(=O)N1CCN(CCOc2cccc(CCO)c2)CC1. The fourth-order valence-corrected chi connectivity index (χ4v) is 2.69. The van der Waals surface area contributed by atoms with Gasteiger partial charge in [0.2, 0.25) is 0 Å². The molecular weight excluding hydrogens is 320 g/mol. The van der Waals surface area contributed by atoms with Crippen molar-refractivity contribution in [1.82, 2.24) is 9.80 Å². The monoisotopic (exact) mass is 350 g/mol. The maximum absolute atomic E-state index is 12.0. The number of benzene rings is 1. The summed E-state index contributed by atoms with van der Waals surface area (Å²) in [6.07, 6.45) is 0.410. The zero-order chi connectivity index (χ0) is 18.3. The number of aliphatic hydroxyl groups is 1. The molecule has 6 heteroatoms. The first-order valence-corrected chi connectivity index (χ1v) is 8.90. The first kappa shape index (κ1) is 19.5. The van der Waals surface area contributed by atoms with Crippen LogP contribution in [-0.2, 0) is 11.2 Å². The standard InChI is InChI=1S/C19H30N2O4/c1-19(2,3)25-18(23)21-10-8-20(9-11-21)12-14-24-17-6-4-5-16(15-17)7-13-22/h4-6,15,22H,7-14H2,1-3H3. The largest absolute Gasteiger partial charge is 0.492 e. The zero-order valence-electron chi connectivity index (χ0n) is 15.5. The van der Waals surface area contributed by atoms with Crippen LogP contribution in [0.1, 0.15) is 26.3 Å². The molecule has 1 fully saturated rings. The maximum Gasteiger partial charge on any atom is 0.410 e. The summed E-state index contributed by atoms with van der Waals surface area (Å²) in [5.74, 6) is 0.832. The van der Waals surface area contributed by atoms with E-state index in [-0.39, 0.29) is 12.7 Å². The number of ether oxygens (including phenoxy) is 2. The topological polar surface area (TPSA) is 62.2 Å². The number of hydrogen-bond donors (Lipinski definition) is 1. The number of nitrogens with zero attached hydrogens (tertiary/aromatic N) is 2. The van der Waals surface area contributed by atoms with Crippen LogP contribution in [0.3, 0.4) is 0 Å². The Balaban J connectivity index is 1.69. The molecule has 0 bridgehead atoms. The number of hydrogen-bond acceptors (Lipinski definition) is 5. The number of carbonyl (C=O) groups is 1. The number of carbonyl (C=O) groups excluding carboxylic acids is 1. The lowest BCUT2D eigenvalue weighted by molar-refractivity contribution is 0.0137. The lowest BCUT2D eigenvalue weighted by atomic mass is 10.1. The molecule has 0 saturated carbocycles. The first-order valence-electron chi connectivity index (χ1n) is 8.90. The van der Waals surface area contributed by atoms with Crippen molar-refractivity contribution in [2.75, 3.05) is 45.9 Å². The molecule has 1 amide bonds. The van der Waals surface area contributed by atoms with E-state index in [0.717, 1.165) is 30.9 Å². The smallest absolute Gasteiger partial charge is 0.410 e. The van der Waals surface area contributed by atoms with Gasteiger partial charge in [0.25, 0.3) is 0 Å². The molecule has 1 N–H and O–H groups in total. The van der Waals surface area contributed by atoms with E-state index in [4.69, 9.17) is 14.6 Å². The van der Waals surface area contributed by atoms with Crippen molar-refractivity contribution in [1.29, 1.82) is 0 Å². The van der Waals surface area contributed by atoms with Gasteiger partial charge in [0, 0.05) is 39.3 Å². The van der Waals surface area contributed by atoms with Crippen molar-refractivity contribution in [2.45, 2.75) is 32.8 Å². The zero-order valence-corrected chi connectivity index (χ0v) is 15.5.